The van der Waals surface area contributed by atoms with Gasteiger partial charge in [0.25, 0.3) is 0 Å². The van der Waals surface area contributed by atoms with Crippen LogP contribution in [0.3, 0.4) is 0 Å². The Hall–Kier alpha value is -2.91. The van der Waals surface area contributed by atoms with Gasteiger partial charge < -0.3 is 14.5 Å². The molecule has 2 fully saturated rings. The molecule has 0 bridgehead atoms. The Kier molecular flexibility index (Phi) is 5.17. The van der Waals surface area contributed by atoms with Gasteiger partial charge in [0.2, 0.25) is 11.8 Å². The summed E-state index contributed by atoms with van der Waals surface area (Å²) in [6.07, 6.45) is -0.571. The quantitative estimate of drug-likeness (QED) is 0.676. The molecule has 0 unspecified atom stereocenters. The normalized spacial score (nSPS) is 18.5. The van der Waals surface area contributed by atoms with Crippen LogP contribution < -0.4 is 9.64 Å². The van der Waals surface area contributed by atoms with E-state index in [2.05, 4.69) is 15.0 Å². The van der Waals surface area contributed by atoms with Crippen molar-refractivity contribution in [3.8, 4) is 5.88 Å². The van der Waals surface area contributed by atoms with Crippen LogP contribution in [0.1, 0.15) is 42.0 Å². The van der Waals surface area contributed by atoms with Gasteiger partial charge in [-0.25, -0.2) is 4.98 Å². The van der Waals surface area contributed by atoms with Crippen molar-refractivity contribution in [2.24, 2.45) is 11.8 Å². The molecule has 1 saturated carbocycles. The summed E-state index contributed by atoms with van der Waals surface area (Å²) in [5.74, 6) is 1.95. The van der Waals surface area contributed by atoms with Crippen LogP contribution in [0, 0.1) is 18.8 Å². The lowest BCUT2D eigenvalue weighted by Gasteiger charge is -2.41. The first-order chi connectivity index (χ1) is 15.3. The fourth-order valence-corrected chi connectivity index (χ4v) is 4.18. The minimum absolute atomic E-state index is 0.0177. The lowest BCUT2D eigenvalue weighted by Crippen LogP contribution is -2.48. The van der Waals surface area contributed by atoms with Crippen molar-refractivity contribution in [1.29, 1.82) is 0 Å². The zero-order valence-corrected chi connectivity index (χ0v) is 17.7. The Bertz CT molecular complexity index is 1030. The van der Waals surface area contributed by atoms with Gasteiger partial charge in [0.05, 0.1) is 31.0 Å². The van der Waals surface area contributed by atoms with E-state index in [1.807, 2.05) is 11.8 Å². The van der Waals surface area contributed by atoms with Gasteiger partial charge in [0, 0.05) is 37.3 Å². The summed E-state index contributed by atoms with van der Waals surface area (Å²) >= 11 is 0. The fraction of sp³-hybridized carbons (Fsp3) is 0.545. The molecule has 1 amide bonds. The average Bonchev–Trinajstić information content (AvgIpc) is 3.44. The van der Waals surface area contributed by atoms with E-state index in [4.69, 9.17) is 4.74 Å². The first-order valence-electron chi connectivity index (χ1n) is 10.8. The summed E-state index contributed by atoms with van der Waals surface area (Å²) in [7, 11) is 0. The van der Waals surface area contributed by atoms with E-state index >= 15 is 0 Å². The highest BCUT2D eigenvalue weighted by atomic mass is 19.4. The van der Waals surface area contributed by atoms with Gasteiger partial charge in [-0.2, -0.15) is 18.2 Å². The molecule has 0 atom stereocenters. The summed E-state index contributed by atoms with van der Waals surface area (Å²) in [6.45, 7) is 4.43. The van der Waals surface area contributed by atoms with Gasteiger partial charge in [-0.3, -0.25) is 9.78 Å². The van der Waals surface area contributed by atoms with E-state index in [0.717, 1.165) is 17.3 Å². The summed E-state index contributed by atoms with van der Waals surface area (Å²) in [6, 6.07) is 2.62. The smallest absolute Gasteiger partial charge is 0.433 e. The van der Waals surface area contributed by atoms with Gasteiger partial charge >= 0.3 is 6.18 Å². The fourth-order valence-electron chi connectivity index (χ4n) is 4.18. The van der Waals surface area contributed by atoms with Crippen molar-refractivity contribution >= 4 is 11.6 Å². The molecule has 2 aromatic rings. The van der Waals surface area contributed by atoms with Crippen LogP contribution in [0.4, 0.5) is 18.9 Å². The molecule has 0 radical (unpaired) electrons. The number of carbonyl (C=O) groups excluding carboxylic acids is 1. The number of carbonyl (C=O) groups is 1. The second-order valence-electron chi connectivity index (χ2n) is 8.88. The van der Waals surface area contributed by atoms with Crippen molar-refractivity contribution in [3.63, 3.8) is 0 Å². The summed E-state index contributed by atoms with van der Waals surface area (Å²) in [5, 5.41) is 0. The van der Waals surface area contributed by atoms with E-state index in [9.17, 15) is 18.0 Å². The zero-order chi connectivity index (χ0) is 22.5. The molecule has 7 nitrogen and oxygen atoms in total. The number of ether oxygens (including phenoxy) is 1. The maximum absolute atomic E-state index is 12.9. The molecular weight excluding hydrogens is 423 g/mol. The van der Waals surface area contributed by atoms with E-state index in [0.29, 0.717) is 62.5 Å². The third-order valence-corrected chi connectivity index (χ3v) is 6.18. The van der Waals surface area contributed by atoms with Crippen molar-refractivity contribution in [3.05, 3.63) is 41.1 Å². The summed E-state index contributed by atoms with van der Waals surface area (Å²) in [5.41, 5.74) is 1.30. The van der Waals surface area contributed by atoms with Gasteiger partial charge in [-0.1, -0.05) is 0 Å². The van der Waals surface area contributed by atoms with Crippen molar-refractivity contribution < 1.29 is 22.7 Å². The Morgan fingerprint density at radius 3 is 2.69 bits per heavy atom. The number of fused-ring (bicyclic) bond motifs is 1. The second-order valence-corrected chi connectivity index (χ2v) is 8.88. The molecule has 1 saturated heterocycles. The monoisotopic (exact) mass is 447 g/mol. The van der Waals surface area contributed by atoms with E-state index in [1.165, 1.54) is 19.0 Å². The van der Waals surface area contributed by atoms with Crippen molar-refractivity contribution in [1.82, 2.24) is 19.9 Å². The zero-order valence-electron chi connectivity index (χ0n) is 17.7. The molecule has 32 heavy (non-hydrogen) atoms. The van der Waals surface area contributed by atoms with E-state index < -0.39 is 11.9 Å². The third-order valence-electron chi connectivity index (χ3n) is 6.18. The summed E-state index contributed by atoms with van der Waals surface area (Å²) < 4.78 is 44.6. The number of aromatic nitrogens is 3. The molecule has 170 valence electrons. The molecule has 3 aliphatic rings. The number of pyridine rings is 1. The lowest BCUT2D eigenvalue weighted by atomic mass is 9.95. The molecule has 4 heterocycles. The van der Waals surface area contributed by atoms with Gasteiger partial charge in [0.15, 0.2) is 0 Å². The molecule has 10 heteroatoms. The Morgan fingerprint density at radius 1 is 1.19 bits per heavy atom. The van der Waals surface area contributed by atoms with Crippen molar-refractivity contribution in [2.45, 2.75) is 45.5 Å². The molecule has 0 N–H and O–H groups in total. The first kappa shape index (κ1) is 21.0. The van der Waals surface area contributed by atoms with Gasteiger partial charge in [-0.05, 0) is 37.8 Å². The number of aryl methyl sites for hydroxylation is 1. The molecule has 2 aromatic heterocycles. The highest BCUT2D eigenvalue weighted by molar-refractivity contribution is 5.77. The van der Waals surface area contributed by atoms with Crippen LogP contribution in [0.2, 0.25) is 0 Å². The number of rotatable bonds is 6. The lowest BCUT2D eigenvalue weighted by molar-refractivity contribution is -0.141. The predicted octanol–water partition coefficient (Wildman–Crippen LogP) is 3.36. The Balaban J connectivity index is 1.17. The second kappa shape index (κ2) is 7.90. The molecule has 2 aliphatic heterocycles. The number of anilines is 1. The van der Waals surface area contributed by atoms with Gasteiger partial charge in [-0.15, -0.1) is 0 Å². The number of hydrogen-bond donors (Lipinski definition) is 0. The molecule has 0 aromatic carbocycles. The minimum atomic E-state index is -4.47. The van der Waals surface area contributed by atoms with E-state index in [-0.39, 0.29) is 11.8 Å². The van der Waals surface area contributed by atoms with Crippen LogP contribution in [-0.2, 0) is 24.1 Å². The van der Waals surface area contributed by atoms with Gasteiger partial charge in [0.1, 0.15) is 11.5 Å². The Labute approximate surface area is 183 Å². The highest BCUT2D eigenvalue weighted by Gasteiger charge is 2.36. The standard InChI is InChI=1S/C22H24F3N5O2/c1-13-27-18-11-30(10-17(18)21(28-13)32-12-14-2-3-14)20(31)6-15-8-29(9-15)16-4-5-26-19(7-16)22(23,24)25/h4-5,7,14-15H,2-3,6,8-12H2,1H3. The summed E-state index contributed by atoms with van der Waals surface area (Å²) in [4.78, 5) is 28.8. The number of nitrogens with zero attached hydrogens (tertiary/aromatic N) is 5. The predicted molar refractivity (Wildman–Crippen MR) is 109 cm³/mol. The number of hydrogen-bond acceptors (Lipinski definition) is 6. The maximum Gasteiger partial charge on any atom is 0.433 e. The maximum atomic E-state index is 12.9. The third kappa shape index (κ3) is 4.35. The Morgan fingerprint density at radius 2 is 1.97 bits per heavy atom. The number of amides is 1. The van der Waals surface area contributed by atoms with Crippen LogP contribution in [0.5, 0.6) is 5.88 Å². The van der Waals surface area contributed by atoms with Crippen LogP contribution in [0.25, 0.3) is 0 Å². The topological polar surface area (TPSA) is 71.5 Å². The SMILES string of the molecule is Cc1nc2c(c(OCC3CC3)n1)CN(C(=O)CC1CN(c3ccnc(C(F)(F)F)c3)C1)C2. The average molecular weight is 447 g/mol. The molecule has 1 aliphatic carbocycles. The first-order valence-corrected chi connectivity index (χ1v) is 10.8. The van der Waals surface area contributed by atoms with Crippen LogP contribution in [0.15, 0.2) is 18.3 Å². The minimum Gasteiger partial charge on any atom is -0.477 e. The molecular formula is C22H24F3N5O2. The highest BCUT2D eigenvalue weighted by Crippen LogP contribution is 2.35. The largest absolute Gasteiger partial charge is 0.477 e. The van der Waals surface area contributed by atoms with E-state index in [1.54, 1.807) is 11.0 Å². The van der Waals surface area contributed by atoms with Crippen LogP contribution in [-0.4, -0.2) is 45.5 Å². The molecule has 0 spiro atoms. The van der Waals surface area contributed by atoms with Crippen LogP contribution >= 0.6 is 0 Å². The van der Waals surface area contributed by atoms with Crippen molar-refractivity contribution in [2.75, 3.05) is 24.6 Å². The number of halogens is 3. The molecule has 5 rings (SSSR count). The number of alkyl halides is 3.